The zero-order valence-electron chi connectivity index (χ0n) is 22.4. The number of ketones is 1. The van der Waals surface area contributed by atoms with Crippen molar-refractivity contribution < 1.29 is 13.9 Å². The molecule has 2 saturated heterocycles. The Bertz CT molecular complexity index is 1540. The normalized spacial score (nSPS) is 22.7. The van der Waals surface area contributed by atoms with Crippen molar-refractivity contribution in [3.63, 3.8) is 0 Å². The minimum Gasteiger partial charge on any atom is -0.379 e. The van der Waals surface area contributed by atoms with Gasteiger partial charge in [-0.25, -0.2) is 14.4 Å². The maximum atomic E-state index is 14.6. The molecule has 6 rings (SSSR count). The van der Waals surface area contributed by atoms with Gasteiger partial charge in [0.05, 0.1) is 29.4 Å². The number of carbonyl (C=O) groups excluding carboxylic acids is 1. The number of ether oxygens (including phenoxy) is 1. The number of hydrogen-bond acceptors (Lipinski definition) is 7. The fraction of sp³-hybridized carbons (Fsp3) is 0.387. The van der Waals surface area contributed by atoms with Crippen LogP contribution in [0.3, 0.4) is 0 Å². The number of hydrogen-bond donors (Lipinski definition) is 1. The number of carbonyl (C=O) groups is 1. The highest BCUT2D eigenvalue weighted by Gasteiger charge is 2.58. The van der Waals surface area contributed by atoms with Crippen LogP contribution in [0.2, 0.25) is 5.02 Å². The standard InChI is InChI=1S/C31H31ClFN5O2/c1-37-18-23-17-31(23,19-37)8-7-21-16-28-25(30(35-20-34-28)36-27-6-2-5-26(32)29(27)33)15-22(21)14-24(39)4-3-9-38-10-12-40-13-11-38/h2-6,15-16,20,23H,9-14,17-19H2,1H3,(H,34,35,36)/b4-3+/t23-,31+/m0/s1. The van der Waals surface area contributed by atoms with Crippen molar-refractivity contribution >= 4 is 39.8 Å². The topological polar surface area (TPSA) is 70.6 Å². The highest BCUT2D eigenvalue weighted by molar-refractivity contribution is 6.31. The average Bonchev–Trinajstić information content (AvgIpc) is 3.51. The average molecular weight is 560 g/mol. The van der Waals surface area contributed by atoms with E-state index in [4.69, 9.17) is 16.3 Å². The molecular formula is C31H31ClFN5O2. The molecule has 7 nitrogen and oxygen atoms in total. The first kappa shape index (κ1) is 26.9. The molecule has 0 radical (unpaired) electrons. The van der Waals surface area contributed by atoms with Gasteiger partial charge >= 0.3 is 0 Å². The zero-order valence-corrected chi connectivity index (χ0v) is 23.2. The predicted molar refractivity (Wildman–Crippen MR) is 154 cm³/mol. The van der Waals surface area contributed by atoms with E-state index in [9.17, 15) is 9.18 Å². The summed E-state index contributed by atoms with van der Waals surface area (Å²) >= 11 is 5.99. The van der Waals surface area contributed by atoms with Crippen LogP contribution in [0.15, 0.2) is 48.8 Å². The Morgan fingerprint density at radius 2 is 2.15 bits per heavy atom. The van der Waals surface area contributed by atoms with Gasteiger partial charge in [0.15, 0.2) is 11.6 Å². The van der Waals surface area contributed by atoms with E-state index < -0.39 is 5.82 Å². The van der Waals surface area contributed by atoms with Crippen LogP contribution in [-0.4, -0.2) is 78.5 Å². The van der Waals surface area contributed by atoms with Gasteiger partial charge in [-0.05, 0) is 55.3 Å². The van der Waals surface area contributed by atoms with Gasteiger partial charge in [0.25, 0.3) is 0 Å². The summed E-state index contributed by atoms with van der Waals surface area (Å²) in [5, 5.41) is 3.75. The van der Waals surface area contributed by atoms with Gasteiger partial charge in [0.2, 0.25) is 0 Å². The molecule has 0 bridgehead atoms. The summed E-state index contributed by atoms with van der Waals surface area (Å²) < 4.78 is 20.0. The summed E-state index contributed by atoms with van der Waals surface area (Å²) in [5.74, 6) is 7.45. The molecule has 2 atom stereocenters. The Morgan fingerprint density at radius 1 is 1.30 bits per heavy atom. The monoisotopic (exact) mass is 559 g/mol. The second kappa shape index (κ2) is 11.3. The van der Waals surface area contributed by atoms with Crippen molar-refractivity contribution in [1.82, 2.24) is 19.8 Å². The van der Waals surface area contributed by atoms with Crippen LogP contribution < -0.4 is 5.32 Å². The SMILES string of the molecule is CN1C[C@@H]2C[C@]2(C#Cc2cc3ncnc(Nc4cccc(Cl)c4F)c3cc2CC(=O)/C=C/CN2CCOCC2)C1. The van der Waals surface area contributed by atoms with Crippen LogP contribution in [0.5, 0.6) is 0 Å². The molecular weight excluding hydrogens is 529 g/mol. The number of morpholine rings is 1. The largest absolute Gasteiger partial charge is 0.379 e. The van der Waals surface area contributed by atoms with E-state index in [2.05, 4.69) is 44.0 Å². The molecule has 3 aliphatic rings. The number of benzene rings is 2. The maximum Gasteiger partial charge on any atom is 0.165 e. The minimum atomic E-state index is -0.556. The van der Waals surface area contributed by atoms with Crippen molar-refractivity contribution in [3.05, 3.63) is 70.8 Å². The first-order valence-electron chi connectivity index (χ1n) is 13.6. The number of aromatic nitrogens is 2. The van der Waals surface area contributed by atoms with Gasteiger partial charge in [0, 0.05) is 55.5 Å². The minimum absolute atomic E-state index is 0.00837. The van der Waals surface area contributed by atoms with Crippen LogP contribution in [0, 0.1) is 29.0 Å². The number of piperidine rings is 1. The summed E-state index contributed by atoms with van der Waals surface area (Å²) in [4.78, 5) is 26.5. The van der Waals surface area contributed by atoms with Crippen molar-refractivity contribution in [3.8, 4) is 11.8 Å². The number of rotatable bonds is 7. The molecule has 3 fully saturated rings. The molecule has 3 aromatic rings. The van der Waals surface area contributed by atoms with Gasteiger partial charge < -0.3 is 15.0 Å². The first-order chi connectivity index (χ1) is 19.4. The summed E-state index contributed by atoms with van der Waals surface area (Å²) in [7, 11) is 2.13. The molecule has 3 heterocycles. The van der Waals surface area contributed by atoms with E-state index in [1.165, 1.54) is 12.4 Å². The Balaban J connectivity index is 1.31. The lowest BCUT2D eigenvalue weighted by Crippen LogP contribution is -2.36. The second-order valence-electron chi connectivity index (χ2n) is 10.9. The maximum absolute atomic E-state index is 14.6. The second-order valence-corrected chi connectivity index (χ2v) is 11.3. The molecule has 1 aliphatic carbocycles. The highest BCUT2D eigenvalue weighted by Crippen LogP contribution is 2.56. The van der Waals surface area contributed by atoms with Crippen LogP contribution in [0.1, 0.15) is 17.5 Å². The van der Waals surface area contributed by atoms with Crippen LogP contribution in [-0.2, 0) is 16.0 Å². The van der Waals surface area contributed by atoms with Gasteiger partial charge in [-0.3, -0.25) is 9.69 Å². The van der Waals surface area contributed by atoms with Crippen molar-refractivity contribution in [1.29, 1.82) is 0 Å². The molecule has 1 aromatic heterocycles. The molecule has 0 spiro atoms. The number of fused-ring (bicyclic) bond motifs is 2. The Kier molecular flexibility index (Phi) is 7.56. The number of allylic oxidation sites excluding steroid dienone is 1. The quantitative estimate of drug-likeness (QED) is 0.338. The van der Waals surface area contributed by atoms with Gasteiger partial charge in [0.1, 0.15) is 12.1 Å². The van der Waals surface area contributed by atoms with E-state index in [1.807, 2.05) is 18.2 Å². The Hall–Kier alpha value is -3.35. The van der Waals surface area contributed by atoms with E-state index in [0.29, 0.717) is 29.2 Å². The molecule has 40 heavy (non-hydrogen) atoms. The van der Waals surface area contributed by atoms with Crippen molar-refractivity contribution in [2.75, 3.05) is 58.3 Å². The van der Waals surface area contributed by atoms with Gasteiger partial charge in [-0.1, -0.05) is 35.6 Å². The third-order valence-corrected chi connectivity index (χ3v) is 8.25. The summed E-state index contributed by atoms with van der Waals surface area (Å²) in [6, 6.07) is 8.58. The summed E-state index contributed by atoms with van der Waals surface area (Å²) in [6.07, 6.45) is 6.32. The smallest absolute Gasteiger partial charge is 0.165 e. The van der Waals surface area contributed by atoms with Gasteiger partial charge in [-0.2, -0.15) is 0 Å². The van der Waals surface area contributed by atoms with E-state index in [1.54, 1.807) is 18.2 Å². The summed E-state index contributed by atoms with van der Waals surface area (Å²) in [6.45, 7) is 5.93. The highest BCUT2D eigenvalue weighted by atomic mass is 35.5. The first-order valence-corrected chi connectivity index (χ1v) is 14.0. The van der Waals surface area contributed by atoms with Crippen molar-refractivity contribution in [2.45, 2.75) is 12.8 Å². The third-order valence-electron chi connectivity index (χ3n) is 7.96. The Labute approximate surface area is 238 Å². The lowest BCUT2D eigenvalue weighted by atomic mass is 9.98. The molecule has 0 unspecified atom stereocenters. The number of nitrogens with one attached hydrogen (secondary N) is 1. The molecule has 206 valence electrons. The predicted octanol–water partition coefficient (Wildman–Crippen LogP) is 4.47. The number of likely N-dealkylation sites (tertiary alicyclic amines) is 1. The van der Waals surface area contributed by atoms with Gasteiger partial charge in [-0.15, -0.1) is 0 Å². The molecule has 1 N–H and O–H groups in total. The summed E-state index contributed by atoms with van der Waals surface area (Å²) in [5.41, 5.74) is 2.51. The fourth-order valence-corrected chi connectivity index (χ4v) is 5.90. The van der Waals surface area contributed by atoms with Crippen LogP contribution in [0.4, 0.5) is 15.9 Å². The fourth-order valence-electron chi connectivity index (χ4n) is 5.72. The molecule has 2 aliphatic heterocycles. The van der Waals surface area contributed by atoms with Crippen molar-refractivity contribution in [2.24, 2.45) is 11.3 Å². The number of anilines is 2. The van der Waals surface area contributed by atoms with Crippen LogP contribution in [0.25, 0.3) is 10.9 Å². The lowest BCUT2D eigenvalue weighted by molar-refractivity contribution is -0.114. The van der Waals surface area contributed by atoms with E-state index in [-0.39, 0.29) is 28.3 Å². The molecule has 9 heteroatoms. The molecule has 1 saturated carbocycles. The van der Waals surface area contributed by atoms with E-state index in [0.717, 1.165) is 56.9 Å². The Morgan fingerprint density at radius 3 is 2.95 bits per heavy atom. The van der Waals surface area contributed by atoms with E-state index >= 15 is 0 Å². The number of halogens is 2. The lowest BCUT2D eigenvalue weighted by Gasteiger charge is -2.25. The number of nitrogens with zero attached hydrogens (tertiary/aromatic N) is 4. The molecule has 2 aromatic carbocycles. The molecule has 0 amide bonds. The van der Waals surface area contributed by atoms with Crippen LogP contribution >= 0.6 is 11.6 Å². The zero-order chi connectivity index (χ0) is 27.7. The third kappa shape index (κ3) is 5.74.